The lowest BCUT2D eigenvalue weighted by molar-refractivity contribution is -0.384. The lowest BCUT2D eigenvalue weighted by atomic mass is 9.90. The molecule has 6 nitrogen and oxygen atoms in total. The van der Waals surface area contributed by atoms with Gasteiger partial charge in [-0.2, -0.15) is 0 Å². The van der Waals surface area contributed by atoms with Crippen LogP contribution in [0.3, 0.4) is 0 Å². The molecule has 2 rings (SSSR count). The zero-order valence-corrected chi connectivity index (χ0v) is 11.1. The number of halogens is 1. The van der Waals surface area contributed by atoms with E-state index in [-0.39, 0.29) is 35.3 Å². The molecule has 1 fully saturated rings. The van der Waals surface area contributed by atoms with Gasteiger partial charge in [-0.3, -0.25) is 14.9 Å². The molecule has 0 aromatic heterocycles. The van der Waals surface area contributed by atoms with Crippen molar-refractivity contribution in [1.82, 2.24) is 4.90 Å². The highest BCUT2D eigenvalue weighted by molar-refractivity contribution is 6.34. The summed E-state index contributed by atoms with van der Waals surface area (Å²) in [5.74, 6) is -0.321. The number of amides is 1. The first kappa shape index (κ1) is 13.8. The van der Waals surface area contributed by atoms with Gasteiger partial charge in [-0.15, -0.1) is 0 Å². The Hall–Kier alpha value is -1.66. The Morgan fingerprint density at radius 2 is 2.21 bits per heavy atom. The number of carbonyl (C=O) groups is 1. The van der Waals surface area contributed by atoms with E-state index >= 15 is 0 Å². The predicted octanol–water partition coefficient (Wildman–Crippen LogP) is 1.85. The summed E-state index contributed by atoms with van der Waals surface area (Å²) in [5.41, 5.74) is -0.760. The molecule has 1 heterocycles. The molecule has 1 aromatic carbocycles. The van der Waals surface area contributed by atoms with Crippen LogP contribution in [0.25, 0.3) is 0 Å². The standard InChI is InChI=1S/C12H13ClN2O4/c1-2-12(17)6-14(7-12)11(16)9-4-3-8(15(18)19)5-10(9)13/h3-5,17H,2,6-7H2,1H3. The monoisotopic (exact) mass is 284 g/mol. The fraction of sp³-hybridized carbons (Fsp3) is 0.417. The van der Waals surface area contributed by atoms with Crippen LogP contribution in [-0.4, -0.2) is 39.5 Å². The van der Waals surface area contributed by atoms with E-state index in [1.54, 1.807) is 0 Å². The molecule has 7 heteroatoms. The van der Waals surface area contributed by atoms with Crippen LogP contribution in [0.5, 0.6) is 0 Å². The van der Waals surface area contributed by atoms with E-state index in [0.717, 1.165) is 6.07 Å². The van der Waals surface area contributed by atoms with E-state index < -0.39 is 10.5 Å². The fourth-order valence-corrected chi connectivity index (χ4v) is 2.25. The van der Waals surface area contributed by atoms with Gasteiger partial charge in [-0.25, -0.2) is 0 Å². The van der Waals surface area contributed by atoms with E-state index in [1.807, 2.05) is 6.92 Å². The van der Waals surface area contributed by atoms with Crippen molar-refractivity contribution in [2.45, 2.75) is 18.9 Å². The van der Waals surface area contributed by atoms with Gasteiger partial charge in [0.1, 0.15) is 0 Å². The Labute approximate surface area is 114 Å². The molecule has 19 heavy (non-hydrogen) atoms. The number of carbonyl (C=O) groups excluding carboxylic acids is 1. The Bertz CT molecular complexity index is 541. The number of nitro benzene ring substituents is 1. The molecule has 102 valence electrons. The number of non-ortho nitro benzene ring substituents is 1. The normalized spacial score (nSPS) is 16.9. The molecule has 0 bridgehead atoms. The quantitative estimate of drug-likeness (QED) is 0.678. The fourth-order valence-electron chi connectivity index (χ4n) is 1.99. The molecule has 1 aromatic rings. The van der Waals surface area contributed by atoms with E-state index in [0.29, 0.717) is 6.42 Å². The lowest BCUT2D eigenvalue weighted by Crippen LogP contribution is -2.63. The second kappa shape index (κ2) is 4.79. The lowest BCUT2D eigenvalue weighted by Gasteiger charge is -2.46. The summed E-state index contributed by atoms with van der Waals surface area (Å²) in [6.07, 6.45) is 0.574. The summed E-state index contributed by atoms with van der Waals surface area (Å²) in [5, 5.41) is 20.5. The zero-order valence-electron chi connectivity index (χ0n) is 10.3. The Kier molecular flexibility index (Phi) is 3.47. The summed E-state index contributed by atoms with van der Waals surface area (Å²) in [6, 6.07) is 3.73. The van der Waals surface area contributed by atoms with E-state index in [4.69, 9.17) is 11.6 Å². The molecular weight excluding hydrogens is 272 g/mol. The molecule has 1 N–H and O–H groups in total. The number of hydrogen-bond acceptors (Lipinski definition) is 4. The number of rotatable bonds is 3. The maximum absolute atomic E-state index is 12.1. The van der Waals surface area contributed by atoms with Crippen LogP contribution < -0.4 is 0 Å². The largest absolute Gasteiger partial charge is 0.386 e. The predicted molar refractivity (Wildman–Crippen MR) is 69.3 cm³/mol. The average Bonchev–Trinajstić information content (AvgIpc) is 2.34. The molecule has 1 aliphatic heterocycles. The minimum absolute atomic E-state index is 0.0474. The molecule has 0 radical (unpaired) electrons. The van der Waals surface area contributed by atoms with Crippen molar-refractivity contribution in [3.8, 4) is 0 Å². The first-order chi connectivity index (χ1) is 8.86. The minimum atomic E-state index is -0.817. The van der Waals surface area contributed by atoms with Gasteiger partial charge in [0.25, 0.3) is 11.6 Å². The van der Waals surface area contributed by atoms with Crippen molar-refractivity contribution >= 4 is 23.2 Å². The number of hydrogen-bond donors (Lipinski definition) is 1. The van der Waals surface area contributed by atoms with Crippen molar-refractivity contribution in [1.29, 1.82) is 0 Å². The van der Waals surface area contributed by atoms with E-state index in [9.17, 15) is 20.0 Å². The molecule has 0 spiro atoms. The third-order valence-corrected chi connectivity index (χ3v) is 3.62. The van der Waals surface area contributed by atoms with E-state index in [1.165, 1.54) is 17.0 Å². The third-order valence-electron chi connectivity index (χ3n) is 3.31. The summed E-state index contributed by atoms with van der Waals surface area (Å²) in [4.78, 5) is 23.6. The van der Waals surface area contributed by atoms with Crippen molar-refractivity contribution in [2.24, 2.45) is 0 Å². The highest BCUT2D eigenvalue weighted by atomic mass is 35.5. The van der Waals surface area contributed by atoms with Crippen molar-refractivity contribution in [3.05, 3.63) is 38.9 Å². The van der Waals surface area contributed by atoms with Crippen LogP contribution in [0.15, 0.2) is 18.2 Å². The Morgan fingerprint density at radius 1 is 1.58 bits per heavy atom. The van der Waals surface area contributed by atoms with Gasteiger partial charge in [-0.05, 0) is 12.5 Å². The average molecular weight is 285 g/mol. The summed E-state index contributed by atoms with van der Waals surface area (Å²) in [6.45, 7) is 2.37. The number of nitro groups is 1. The summed E-state index contributed by atoms with van der Waals surface area (Å²) in [7, 11) is 0. The number of benzene rings is 1. The SMILES string of the molecule is CCC1(O)CN(C(=O)c2ccc([N+](=O)[O-])cc2Cl)C1. The topological polar surface area (TPSA) is 83.7 Å². The zero-order chi connectivity index (χ0) is 14.2. The Morgan fingerprint density at radius 3 is 2.68 bits per heavy atom. The molecule has 0 saturated carbocycles. The van der Waals surface area contributed by atoms with Crippen LogP contribution in [-0.2, 0) is 0 Å². The number of likely N-dealkylation sites (tertiary alicyclic amines) is 1. The van der Waals surface area contributed by atoms with Crippen LogP contribution in [0.2, 0.25) is 5.02 Å². The second-order valence-corrected chi connectivity index (χ2v) is 5.07. The first-order valence-corrected chi connectivity index (χ1v) is 6.20. The van der Waals surface area contributed by atoms with Gasteiger partial charge in [0.15, 0.2) is 0 Å². The molecule has 0 aliphatic carbocycles. The van der Waals surface area contributed by atoms with Gasteiger partial charge in [-0.1, -0.05) is 18.5 Å². The van der Waals surface area contributed by atoms with Gasteiger partial charge < -0.3 is 10.0 Å². The molecule has 1 amide bonds. The first-order valence-electron chi connectivity index (χ1n) is 5.82. The third kappa shape index (κ3) is 2.54. The van der Waals surface area contributed by atoms with Crippen LogP contribution >= 0.6 is 11.6 Å². The van der Waals surface area contributed by atoms with Crippen LogP contribution in [0.1, 0.15) is 23.7 Å². The molecular formula is C12H13ClN2O4. The van der Waals surface area contributed by atoms with Crippen molar-refractivity contribution < 1.29 is 14.8 Å². The molecule has 0 atom stereocenters. The minimum Gasteiger partial charge on any atom is -0.386 e. The highest BCUT2D eigenvalue weighted by Crippen LogP contribution is 2.29. The van der Waals surface area contributed by atoms with E-state index in [2.05, 4.69) is 0 Å². The summed E-state index contributed by atoms with van der Waals surface area (Å²) >= 11 is 5.88. The molecule has 0 unspecified atom stereocenters. The molecule has 1 aliphatic rings. The van der Waals surface area contributed by atoms with Crippen molar-refractivity contribution in [2.75, 3.05) is 13.1 Å². The maximum atomic E-state index is 12.1. The Balaban J connectivity index is 2.15. The van der Waals surface area contributed by atoms with Gasteiger partial charge in [0, 0.05) is 12.1 Å². The van der Waals surface area contributed by atoms with Gasteiger partial charge in [0.2, 0.25) is 0 Å². The number of β-amino-alcohol motifs (C(OH)–C–C–N with tert-alkyl or cyclic N) is 1. The van der Waals surface area contributed by atoms with Gasteiger partial charge >= 0.3 is 0 Å². The smallest absolute Gasteiger partial charge is 0.270 e. The second-order valence-electron chi connectivity index (χ2n) is 4.66. The summed E-state index contributed by atoms with van der Waals surface area (Å²) < 4.78 is 0. The maximum Gasteiger partial charge on any atom is 0.270 e. The van der Waals surface area contributed by atoms with Gasteiger partial charge in [0.05, 0.1) is 34.2 Å². The number of nitrogens with zero attached hydrogens (tertiary/aromatic N) is 2. The van der Waals surface area contributed by atoms with Crippen molar-refractivity contribution in [3.63, 3.8) is 0 Å². The highest BCUT2D eigenvalue weighted by Gasteiger charge is 2.42. The van der Waals surface area contributed by atoms with Crippen LogP contribution in [0.4, 0.5) is 5.69 Å². The number of aliphatic hydroxyl groups is 1. The molecule has 1 saturated heterocycles. The van der Waals surface area contributed by atoms with Crippen LogP contribution in [0, 0.1) is 10.1 Å².